The van der Waals surface area contributed by atoms with Crippen molar-refractivity contribution in [3.05, 3.63) is 0 Å². The van der Waals surface area contributed by atoms with Gasteiger partial charge >= 0.3 is 5.97 Å². The zero-order valence-corrected chi connectivity index (χ0v) is 8.04. The molecule has 14 heavy (non-hydrogen) atoms. The van der Waals surface area contributed by atoms with Gasteiger partial charge in [0.1, 0.15) is 6.10 Å². The molecule has 0 amide bonds. The van der Waals surface area contributed by atoms with Crippen molar-refractivity contribution < 1.29 is 29.2 Å². The molecule has 0 aromatic heterocycles. The van der Waals surface area contributed by atoms with Crippen molar-refractivity contribution in [2.45, 2.75) is 31.0 Å². The van der Waals surface area contributed by atoms with Crippen molar-refractivity contribution >= 4 is 5.97 Å². The molecular weight excluding hydrogens is 192 g/mol. The molecule has 4 atom stereocenters. The van der Waals surface area contributed by atoms with Crippen molar-refractivity contribution in [3.8, 4) is 0 Å². The summed E-state index contributed by atoms with van der Waals surface area (Å²) < 4.78 is 14.3. The van der Waals surface area contributed by atoms with Gasteiger partial charge in [0.2, 0.25) is 0 Å². The first-order valence-electron chi connectivity index (χ1n) is 4.22. The van der Waals surface area contributed by atoms with Gasteiger partial charge in [0.25, 0.3) is 0 Å². The first-order chi connectivity index (χ1) is 6.60. The number of esters is 1. The van der Waals surface area contributed by atoms with Crippen LogP contribution in [0.1, 0.15) is 6.42 Å². The van der Waals surface area contributed by atoms with Crippen LogP contribution in [0.15, 0.2) is 0 Å². The summed E-state index contributed by atoms with van der Waals surface area (Å²) in [6, 6.07) is 0. The highest BCUT2D eigenvalue weighted by Crippen LogP contribution is 2.21. The van der Waals surface area contributed by atoms with E-state index in [2.05, 4.69) is 4.74 Å². The summed E-state index contributed by atoms with van der Waals surface area (Å²) in [6.45, 7) is 0. The fourth-order valence-corrected chi connectivity index (χ4v) is 1.32. The van der Waals surface area contributed by atoms with Crippen LogP contribution in [0.3, 0.4) is 0 Å². The van der Waals surface area contributed by atoms with E-state index in [1.54, 1.807) is 0 Å². The van der Waals surface area contributed by atoms with Gasteiger partial charge in [-0.25, -0.2) is 4.79 Å². The Kier molecular flexibility index (Phi) is 3.82. The molecule has 1 heterocycles. The minimum absolute atomic E-state index is 0.00764. The van der Waals surface area contributed by atoms with E-state index >= 15 is 0 Å². The second-order valence-electron chi connectivity index (χ2n) is 3.05. The summed E-state index contributed by atoms with van der Waals surface area (Å²) in [5, 5.41) is 18.7. The molecule has 6 nitrogen and oxygen atoms in total. The Hall–Kier alpha value is -0.690. The van der Waals surface area contributed by atoms with Gasteiger partial charge in [-0.05, 0) is 0 Å². The number of aliphatic hydroxyl groups is 2. The molecule has 0 aromatic rings. The van der Waals surface area contributed by atoms with E-state index in [0.29, 0.717) is 0 Å². The number of carbonyl (C=O) groups excluding carboxylic acids is 1. The van der Waals surface area contributed by atoms with E-state index in [1.165, 1.54) is 14.2 Å². The third kappa shape index (κ3) is 2.21. The molecule has 0 aliphatic carbocycles. The summed E-state index contributed by atoms with van der Waals surface area (Å²) in [4.78, 5) is 11.1. The minimum atomic E-state index is -1.14. The molecule has 82 valence electrons. The van der Waals surface area contributed by atoms with Crippen LogP contribution in [0.2, 0.25) is 0 Å². The molecule has 0 spiro atoms. The lowest BCUT2D eigenvalue weighted by atomic mass is 10.0. The van der Waals surface area contributed by atoms with Gasteiger partial charge in [-0.2, -0.15) is 0 Å². The van der Waals surface area contributed by atoms with E-state index in [0.717, 1.165) is 0 Å². The number of aliphatic hydroxyl groups excluding tert-OH is 2. The Morgan fingerprint density at radius 3 is 2.57 bits per heavy atom. The largest absolute Gasteiger partial charge is 0.467 e. The lowest BCUT2D eigenvalue weighted by Gasteiger charge is -2.34. The average Bonchev–Trinajstić information content (AvgIpc) is 2.20. The molecule has 0 radical (unpaired) electrons. The zero-order chi connectivity index (χ0) is 10.7. The van der Waals surface area contributed by atoms with E-state index in [9.17, 15) is 15.0 Å². The van der Waals surface area contributed by atoms with E-state index in [-0.39, 0.29) is 6.42 Å². The molecule has 1 aliphatic heterocycles. The highest BCUT2D eigenvalue weighted by atomic mass is 16.7. The highest BCUT2D eigenvalue weighted by molar-refractivity contribution is 5.74. The average molecular weight is 206 g/mol. The van der Waals surface area contributed by atoms with Crippen molar-refractivity contribution in [1.82, 2.24) is 0 Å². The first kappa shape index (κ1) is 11.4. The molecule has 1 rings (SSSR count). The Labute approximate surface area is 81.4 Å². The first-order valence-corrected chi connectivity index (χ1v) is 4.22. The third-order valence-corrected chi connectivity index (χ3v) is 2.12. The van der Waals surface area contributed by atoms with Gasteiger partial charge in [-0.3, -0.25) is 0 Å². The van der Waals surface area contributed by atoms with E-state index in [4.69, 9.17) is 9.47 Å². The summed E-state index contributed by atoms with van der Waals surface area (Å²) in [5.41, 5.74) is 0. The zero-order valence-electron chi connectivity index (χ0n) is 8.04. The second kappa shape index (κ2) is 4.70. The van der Waals surface area contributed by atoms with Gasteiger partial charge < -0.3 is 24.4 Å². The quantitative estimate of drug-likeness (QED) is 0.543. The molecule has 0 bridgehead atoms. The minimum Gasteiger partial charge on any atom is -0.467 e. The molecule has 0 saturated carbocycles. The van der Waals surface area contributed by atoms with Crippen LogP contribution in [0.5, 0.6) is 0 Å². The van der Waals surface area contributed by atoms with Gasteiger partial charge in [-0.15, -0.1) is 0 Å². The summed E-state index contributed by atoms with van der Waals surface area (Å²) >= 11 is 0. The lowest BCUT2D eigenvalue weighted by Crippen LogP contribution is -2.51. The van der Waals surface area contributed by atoms with E-state index < -0.39 is 30.6 Å². The number of ether oxygens (including phenoxy) is 3. The standard InChI is InChI=1S/C8H14O6/c1-12-7(11)5-3-4(9)6(10)8(13-2)14-5/h4-6,8-10H,3H2,1-2H3/t4-,5?,6+,8-/m1/s1. The van der Waals surface area contributed by atoms with Gasteiger partial charge in [0, 0.05) is 13.5 Å². The van der Waals surface area contributed by atoms with Crippen molar-refractivity contribution in [3.63, 3.8) is 0 Å². The Morgan fingerprint density at radius 1 is 1.43 bits per heavy atom. The number of methoxy groups -OCH3 is 2. The highest BCUT2D eigenvalue weighted by Gasteiger charge is 2.40. The van der Waals surface area contributed by atoms with Crippen LogP contribution >= 0.6 is 0 Å². The molecule has 2 N–H and O–H groups in total. The maximum absolute atomic E-state index is 11.1. The maximum Gasteiger partial charge on any atom is 0.335 e. The number of hydrogen-bond acceptors (Lipinski definition) is 6. The van der Waals surface area contributed by atoms with Crippen LogP contribution in [-0.4, -0.2) is 55.0 Å². The maximum atomic E-state index is 11.1. The predicted molar refractivity (Wildman–Crippen MR) is 44.3 cm³/mol. The Morgan fingerprint density at radius 2 is 2.07 bits per heavy atom. The molecule has 1 unspecified atom stereocenters. The normalized spacial score (nSPS) is 38.0. The number of hydrogen-bond donors (Lipinski definition) is 2. The van der Waals surface area contributed by atoms with Crippen LogP contribution in [-0.2, 0) is 19.0 Å². The molecule has 6 heteroatoms. The van der Waals surface area contributed by atoms with Crippen LogP contribution < -0.4 is 0 Å². The lowest BCUT2D eigenvalue weighted by molar-refractivity contribution is -0.258. The SMILES string of the molecule is COC(=O)C1C[C@@H](O)[C@H](O)[C@H](OC)O1. The molecule has 1 aliphatic rings. The smallest absolute Gasteiger partial charge is 0.335 e. The van der Waals surface area contributed by atoms with Crippen molar-refractivity contribution in [2.24, 2.45) is 0 Å². The van der Waals surface area contributed by atoms with Gasteiger partial charge in [-0.1, -0.05) is 0 Å². The molecule has 0 aromatic carbocycles. The fourth-order valence-electron chi connectivity index (χ4n) is 1.32. The summed E-state index contributed by atoms with van der Waals surface area (Å²) in [5.74, 6) is -0.585. The Bertz CT molecular complexity index is 206. The van der Waals surface area contributed by atoms with E-state index in [1.807, 2.05) is 0 Å². The van der Waals surface area contributed by atoms with Gasteiger partial charge in [0.15, 0.2) is 12.4 Å². The monoisotopic (exact) mass is 206 g/mol. The Balaban J connectivity index is 2.62. The summed E-state index contributed by atoms with van der Waals surface area (Å²) in [6.07, 6.45) is -4.06. The molecule has 1 fully saturated rings. The van der Waals surface area contributed by atoms with Crippen LogP contribution in [0.4, 0.5) is 0 Å². The second-order valence-corrected chi connectivity index (χ2v) is 3.05. The number of rotatable bonds is 2. The van der Waals surface area contributed by atoms with Crippen LogP contribution in [0, 0.1) is 0 Å². The van der Waals surface area contributed by atoms with Crippen molar-refractivity contribution in [2.75, 3.05) is 14.2 Å². The van der Waals surface area contributed by atoms with Gasteiger partial charge in [0.05, 0.1) is 13.2 Å². The number of carbonyl (C=O) groups is 1. The fraction of sp³-hybridized carbons (Fsp3) is 0.875. The molecular formula is C8H14O6. The molecule has 1 saturated heterocycles. The third-order valence-electron chi connectivity index (χ3n) is 2.12. The summed E-state index contributed by atoms with van der Waals surface area (Å²) in [7, 11) is 2.55. The predicted octanol–water partition coefficient (Wildman–Crippen LogP) is -1.36. The topological polar surface area (TPSA) is 85.2 Å². The van der Waals surface area contributed by atoms with Crippen LogP contribution in [0.25, 0.3) is 0 Å². The van der Waals surface area contributed by atoms with Crippen molar-refractivity contribution in [1.29, 1.82) is 0 Å².